The third-order valence-electron chi connectivity index (χ3n) is 2.52. The molecular formula is C12H12Cl3N3O4. The highest BCUT2D eigenvalue weighted by atomic mass is 35.5. The lowest BCUT2D eigenvalue weighted by atomic mass is 10.3. The van der Waals surface area contributed by atoms with Gasteiger partial charge in [0.25, 0.3) is 5.91 Å². The molecule has 0 aliphatic carbocycles. The fourth-order valence-corrected chi connectivity index (χ4v) is 1.83. The summed E-state index contributed by atoms with van der Waals surface area (Å²) in [7, 11) is 2.84. The second-order valence-corrected chi connectivity index (χ2v) is 5.24. The number of pyridine rings is 1. The molecule has 1 aromatic rings. The van der Waals surface area contributed by atoms with Gasteiger partial charge >= 0.3 is 5.97 Å². The first-order chi connectivity index (χ1) is 10.3. The predicted octanol–water partition coefficient (Wildman–Crippen LogP) is 1.40. The molecule has 0 saturated heterocycles. The molecule has 0 fully saturated rings. The van der Waals surface area contributed by atoms with Gasteiger partial charge in [-0.2, -0.15) is 0 Å². The Hall–Kier alpha value is -1.57. The Morgan fingerprint density at radius 2 is 1.91 bits per heavy atom. The third-order valence-corrected chi connectivity index (χ3v) is 3.76. The van der Waals surface area contributed by atoms with Gasteiger partial charge in [0.05, 0.1) is 21.6 Å². The van der Waals surface area contributed by atoms with Crippen molar-refractivity contribution in [3.05, 3.63) is 27.0 Å². The highest BCUT2D eigenvalue weighted by Crippen LogP contribution is 2.31. The fraction of sp³-hybridized carbons (Fsp3) is 0.333. The van der Waals surface area contributed by atoms with E-state index in [4.69, 9.17) is 39.5 Å². The summed E-state index contributed by atoms with van der Waals surface area (Å²) in [6, 6.07) is 0. The lowest BCUT2D eigenvalue weighted by molar-refractivity contribution is -0.137. The molecule has 0 unspecified atom stereocenters. The molecule has 0 aliphatic heterocycles. The largest absolute Gasteiger partial charge is 0.451 e. The number of rotatable bonds is 5. The summed E-state index contributed by atoms with van der Waals surface area (Å²) in [6.45, 7) is -0.719. The maximum absolute atomic E-state index is 11.8. The summed E-state index contributed by atoms with van der Waals surface area (Å²) in [6.07, 6.45) is 1.14. The minimum Gasteiger partial charge on any atom is -0.451 e. The average Bonchev–Trinajstić information content (AvgIpc) is 2.49. The Morgan fingerprint density at radius 1 is 1.27 bits per heavy atom. The van der Waals surface area contributed by atoms with E-state index in [2.05, 4.69) is 10.3 Å². The second kappa shape index (κ2) is 8.17. The minimum atomic E-state index is -0.926. The van der Waals surface area contributed by atoms with Crippen molar-refractivity contribution in [1.29, 1.82) is 0 Å². The topological polar surface area (TPSA) is 88.6 Å². The molecule has 0 radical (unpaired) electrons. The van der Waals surface area contributed by atoms with Gasteiger partial charge in [0.15, 0.2) is 12.3 Å². The number of carbonyl (C=O) groups excluding carboxylic acids is 3. The van der Waals surface area contributed by atoms with Gasteiger partial charge in [-0.25, -0.2) is 9.78 Å². The Labute approximate surface area is 141 Å². The summed E-state index contributed by atoms with van der Waals surface area (Å²) in [5.41, 5.74) is -0.252. The van der Waals surface area contributed by atoms with Crippen LogP contribution in [0.15, 0.2) is 6.20 Å². The van der Waals surface area contributed by atoms with E-state index in [-0.39, 0.29) is 33.2 Å². The summed E-state index contributed by atoms with van der Waals surface area (Å²) in [4.78, 5) is 39.5. The number of aromatic nitrogens is 1. The van der Waals surface area contributed by atoms with E-state index in [9.17, 15) is 14.4 Å². The fourth-order valence-electron chi connectivity index (χ4n) is 1.27. The number of likely N-dealkylation sites (N-methyl/N-ethyl adjacent to an activating group) is 2. The van der Waals surface area contributed by atoms with Gasteiger partial charge in [-0.05, 0) is 0 Å². The first-order valence-corrected chi connectivity index (χ1v) is 7.02. The van der Waals surface area contributed by atoms with E-state index < -0.39 is 18.5 Å². The van der Waals surface area contributed by atoms with Crippen LogP contribution in [0.1, 0.15) is 10.5 Å². The lowest BCUT2D eigenvalue weighted by Gasteiger charge is -2.16. The number of halogens is 3. The number of esters is 1. The van der Waals surface area contributed by atoms with E-state index in [1.165, 1.54) is 14.1 Å². The molecule has 22 heavy (non-hydrogen) atoms. The van der Waals surface area contributed by atoms with Crippen LogP contribution in [0.2, 0.25) is 15.1 Å². The van der Waals surface area contributed by atoms with Crippen LogP contribution in [-0.2, 0) is 14.3 Å². The van der Waals surface area contributed by atoms with Crippen molar-refractivity contribution < 1.29 is 19.1 Å². The number of hydrogen-bond donors (Lipinski definition) is 1. The Bertz CT molecular complexity index is 610. The van der Waals surface area contributed by atoms with Gasteiger partial charge in [-0.1, -0.05) is 34.8 Å². The van der Waals surface area contributed by atoms with Crippen LogP contribution in [-0.4, -0.2) is 54.9 Å². The van der Waals surface area contributed by atoms with E-state index >= 15 is 0 Å². The zero-order valence-electron chi connectivity index (χ0n) is 11.7. The minimum absolute atomic E-state index is 0.0339. The molecule has 1 heterocycles. The number of carbonyl (C=O) groups is 3. The van der Waals surface area contributed by atoms with Gasteiger partial charge in [-0.15, -0.1) is 0 Å². The van der Waals surface area contributed by atoms with Crippen LogP contribution >= 0.6 is 34.8 Å². The highest BCUT2D eigenvalue weighted by molar-refractivity contribution is 6.48. The first-order valence-electron chi connectivity index (χ1n) is 5.89. The monoisotopic (exact) mass is 367 g/mol. The smallest absolute Gasteiger partial charge is 0.359 e. The Balaban J connectivity index is 2.65. The van der Waals surface area contributed by atoms with Gasteiger partial charge in [0.1, 0.15) is 0 Å². The highest BCUT2D eigenvalue weighted by Gasteiger charge is 2.20. The summed E-state index contributed by atoms with van der Waals surface area (Å²) in [5.74, 6) is -1.84. The van der Waals surface area contributed by atoms with Crippen molar-refractivity contribution in [2.45, 2.75) is 0 Å². The molecule has 120 valence electrons. The van der Waals surface area contributed by atoms with Crippen molar-refractivity contribution in [2.75, 3.05) is 27.2 Å². The molecule has 0 aliphatic rings. The molecule has 0 spiro atoms. The number of hydrogen-bond acceptors (Lipinski definition) is 5. The van der Waals surface area contributed by atoms with Crippen LogP contribution in [0, 0.1) is 0 Å². The molecule has 10 heteroatoms. The maximum atomic E-state index is 11.8. The van der Waals surface area contributed by atoms with Crippen LogP contribution in [0.3, 0.4) is 0 Å². The Kier molecular flexibility index (Phi) is 6.86. The van der Waals surface area contributed by atoms with Crippen LogP contribution < -0.4 is 5.32 Å². The van der Waals surface area contributed by atoms with E-state index in [1.807, 2.05) is 0 Å². The summed E-state index contributed by atoms with van der Waals surface area (Å²) in [5, 5.41) is 2.26. The average molecular weight is 369 g/mol. The SMILES string of the molecule is CNC(=O)CN(C)C(=O)COC(=O)c1ncc(Cl)c(Cl)c1Cl. The molecular weight excluding hydrogens is 357 g/mol. The quantitative estimate of drug-likeness (QED) is 0.794. The Morgan fingerprint density at radius 3 is 2.50 bits per heavy atom. The zero-order chi connectivity index (χ0) is 16.9. The number of ether oxygens (including phenoxy) is 1. The van der Waals surface area contributed by atoms with Crippen LogP contribution in [0.4, 0.5) is 0 Å². The molecule has 2 amide bonds. The van der Waals surface area contributed by atoms with E-state index in [1.54, 1.807) is 0 Å². The molecule has 7 nitrogen and oxygen atoms in total. The number of nitrogens with zero attached hydrogens (tertiary/aromatic N) is 2. The van der Waals surface area contributed by atoms with Crippen molar-refractivity contribution in [2.24, 2.45) is 0 Å². The first kappa shape index (κ1) is 18.5. The molecule has 0 saturated carbocycles. The summed E-state index contributed by atoms with van der Waals surface area (Å²) < 4.78 is 4.79. The molecule has 1 rings (SSSR count). The van der Waals surface area contributed by atoms with Crippen molar-refractivity contribution in [3.63, 3.8) is 0 Å². The second-order valence-electron chi connectivity index (χ2n) is 4.08. The van der Waals surface area contributed by atoms with Gasteiger partial charge in [0.2, 0.25) is 5.91 Å². The lowest BCUT2D eigenvalue weighted by Crippen LogP contribution is -2.39. The van der Waals surface area contributed by atoms with Gasteiger partial charge < -0.3 is 15.0 Å². The van der Waals surface area contributed by atoms with Gasteiger partial charge in [0, 0.05) is 20.3 Å². The molecule has 0 atom stereocenters. The van der Waals surface area contributed by atoms with Crippen LogP contribution in [0.5, 0.6) is 0 Å². The van der Waals surface area contributed by atoms with Crippen LogP contribution in [0.25, 0.3) is 0 Å². The molecule has 1 N–H and O–H groups in total. The van der Waals surface area contributed by atoms with Crippen molar-refractivity contribution >= 4 is 52.6 Å². The van der Waals surface area contributed by atoms with Crippen molar-refractivity contribution in [3.8, 4) is 0 Å². The predicted molar refractivity (Wildman–Crippen MR) is 81.3 cm³/mol. The van der Waals surface area contributed by atoms with Gasteiger partial charge in [-0.3, -0.25) is 9.59 Å². The third kappa shape index (κ3) is 4.72. The molecule has 0 bridgehead atoms. The standard InChI is InChI=1S/C12H12Cl3N3O4/c1-16-7(19)4-18(2)8(20)5-22-12(21)11-10(15)9(14)6(13)3-17-11/h3H,4-5H2,1-2H3,(H,16,19). The summed E-state index contributed by atoms with van der Waals surface area (Å²) >= 11 is 17.3. The van der Waals surface area contributed by atoms with E-state index in [0.29, 0.717) is 0 Å². The van der Waals surface area contributed by atoms with E-state index in [0.717, 1.165) is 11.1 Å². The normalized spacial score (nSPS) is 10.0. The zero-order valence-corrected chi connectivity index (χ0v) is 13.9. The molecule has 1 aromatic heterocycles. The number of nitrogens with one attached hydrogen (secondary N) is 1. The maximum Gasteiger partial charge on any atom is 0.359 e. The van der Waals surface area contributed by atoms with Crippen molar-refractivity contribution in [1.82, 2.24) is 15.2 Å². The number of amides is 2. The molecule has 0 aromatic carbocycles.